The molecule has 0 radical (unpaired) electrons. The van der Waals surface area contributed by atoms with Gasteiger partial charge in [-0.15, -0.1) is 0 Å². The van der Waals surface area contributed by atoms with E-state index in [1.54, 1.807) is 0 Å². The average Bonchev–Trinajstić information content (AvgIpc) is 2.49. The molecule has 2 aromatic heterocycles. The number of hydrogen-bond donors (Lipinski definition) is 1. The van der Waals surface area contributed by atoms with Gasteiger partial charge in [-0.25, -0.2) is 0 Å². The van der Waals surface area contributed by atoms with Gasteiger partial charge in [-0.05, 0) is 42.4 Å². The molecule has 0 amide bonds. The minimum atomic E-state index is 0.161. The van der Waals surface area contributed by atoms with Gasteiger partial charge in [0.1, 0.15) is 0 Å². The second kappa shape index (κ2) is 5.16. The van der Waals surface area contributed by atoms with E-state index in [2.05, 4.69) is 39.6 Å². The molecule has 0 aliphatic heterocycles. The van der Waals surface area contributed by atoms with Crippen LogP contribution in [0, 0.1) is 0 Å². The first kappa shape index (κ1) is 11.8. The van der Waals surface area contributed by atoms with Crippen LogP contribution in [0.1, 0.15) is 17.2 Å². The molecular weight excluding hydrogens is 234 g/mol. The number of aromatic nitrogens is 2. The molecule has 2 heterocycles. The van der Waals surface area contributed by atoms with Crippen molar-refractivity contribution in [2.24, 2.45) is 0 Å². The Morgan fingerprint density at radius 1 is 0.947 bits per heavy atom. The molecule has 0 aliphatic rings. The summed E-state index contributed by atoms with van der Waals surface area (Å²) >= 11 is 0. The number of fused-ring (bicyclic) bond motifs is 1. The highest BCUT2D eigenvalue weighted by Gasteiger charge is 2.12. The van der Waals surface area contributed by atoms with E-state index in [-0.39, 0.29) is 6.04 Å². The van der Waals surface area contributed by atoms with Crippen molar-refractivity contribution < 1.29 is 0 Å². The molecule has 1 N–H and O–H groups in total. The van der Waals surface area contributed by atoms with Crippen LogP contribution in [0.25, 0.3) is 10.9 Å². The zero-order valence-corrected chi connectivity index (χ0v) is 10.7. The Balaban J connectivity index is 2.06. The number of hydrogen-bond acceptors (Lipinski definition) is 3. The average molecular weight is 249 g/mol. The van der Waals surface area contributed by atoms with E-state index in [0.717, 1.165) is 10.9 Å². The molecule has 0 aliphatic carbocycles. The molecule has 3 rings (SSSR count). The SMILES string of the molecule is CNC(c1ccncc1)c1ccc2cccnc2c1. The van der Waals surface area contributed by atoms with Crippen LogP contribution in [0.15, 0.2) is 61.1 Å². The van der Waals surface area contributed by atoms with Crippen LogP contribution in [0.5, 0.6) is 0 Å². The molecule has 1 aromatic carbocycles. The first-order valence-electron chi connectivity index (χ1n) is 6.30. The largest absolute Gasteiger partial charge is 0.309 e. The highest BCUT2D eigenvalue weighted by atomic mass is 14.9. The first-order chi connectivity index (χ1) is 9.38. The Bertz CT molecular complexity index is 680. The standard InChI is InChI=1S/C16H15N3/c1-17-16(13-6-9-18-10-7-13)14-5-4-12-3-2-8-19-15(12)11-14/h2-11,16-17H,1H3. The zero-order valence-electron chi connectivity index (χ0n) is 10.7. The number of rotatable bonds is 3. The molecule has 1 atom stereocenters. The molecule has 0 saturated heterocycles. The lowest BCUT2D eigenvalue weighted by atomic mass is 9.98. The van der Waals surface area contributed by atoms with E-state index in [9.17, 15) is 0 Å². The summed E-state index contributed by atoms with van der Waals surface area (Å²) in [6, 6.07) is 14.7. The van der Waals surface area contributed by atoms with Crippen molar-refractivity contribution in [3.8, 4) is 0 Å². The van der Waals surface area contributed by atoms with E-state index < -0.39 is 0 Å². The molecule has 19 heavy (non-hydrogen) atoms. The molecule has 3 nitrogen and oxygen atoms in total. The maximum atomic E-state index is 4.41. The fourth-order valence-electron chi connectivity index (χ4n) is 2.34. The van der Waals surface area contributed by atoms with Gasteiger partial charge in [0.25, 0.3) is 0 Å². The van der Waals surface area contributed by atoms with Gasteiger partial charge >= 0.3 is 0 Å². The van der Waals surface area contributed by atoms with Gasteiger partial charge < -0.3 is 5.32 Å². The number of pyridine rings is 2. The fourth-order valence-corrected chi connectivity index (χ4v) is 2.34. The van der Waals surface area contributed by atoms with Gasteiger partial charge in [0.05, 0.1) is 11.6 Å². The molecular formula is C16H15N3. The van der Waals surface area contributed by atoms with E-state index in [4.69, 9.17) is 0 Å². The molecule has 0 saturated carbocycles. The maximum Gasteiger partial charge on any atom is 0.0705 e. The van der Waals surface area contributed by atoms with Crippen LogP contribution in [-0.4, -0.2) is 17.0 Å². The lowest BCUT2D eigenvalue weighted by Crippen LogP contribution is -2.17. The van der Waals surface area contributed by atoms with Crippen LogP contribution < -0.4 is 5.32 Å². The Morgan fingerprint density at radius 2 is 1.79 bits per heavy atom. The number of nitrogens with zero attached hydrogens (tertiary/aromatic N) is 2. The molecule has 0 fully saturated rings. The van der Waals surface area contributed by atoms with Gasteiger partial charge in [-0.3, -0.25) is 9.97 Å². The lowest BCUT2D eigenvalue weighted by molar-refractivity contribution is 0.691. The summed E-state index contributed by atoms with van der Waals surface area (Å²) in [7, 11) is 1.97. The topological polar surface area (TPSA) is 37.8 Å². The normalized spacial score (nSPS) is 12.5. The van der Waals surface area contributed by atoms with Crippen molar-refractivity contribution in [3.05, 3.63) is 72.2 Å². The van der Waals surface area contributed by atoms with Crippen molar-refractivity contribution in [2.75, 3.05) is 7.05 Å². The lowest BCUT2D eigenvalue weighted by Gasteiger charge is -2.17. The Hall–Kier alpha value is -2.26. The second-order valence-corrected chi connectivity index (χ2v) is 4.46. The molecule has 3 aromatic rings. The maximum absolute atomic E-state index is 4.41. The predicted molar refractivity (Wildman–Crippen MR) is 76.9 cm³/mol. The molecule has 1 unspecified atom stereocenters. The number of nitrogens with one attached hydrogen (secondary N) is 1. The summed E-state index contributed by atoms with van der Waals surface area (Å²) in [5, 5.41) is 4.51. The Kier molecular flexibility index (Phi) is 3.21. The van der Waals surface area contributed by atoms with Crippen molar-refractivity contribution in [3.63, 3.8) is 0 Å². The Morgan fingerprint density at radius 3 is 2.58 bits per heavy atom. The fraction of sp³-hybridized carbons (Fsp3) is 0.125. The predicted octanol–water partition coefficient (Wildman–Crippen LogP) is 2.94. The third-order valence-electron chi connectivity index (χ3n) is 3.29. The van der Waals surface area contributed by atoms with E-state index in [1.165, 1.54) is 11.1 Å². The highest BCUT2D eigenvalue weighted by molar-refractivity contribution is 5.79. The summed E-state index contributed by atoms with van der Waals surface area (Å²) in [5.41, 5.74) is 3.43. The zero-order chi connectivity index (χ0) is 13.1. The van der Waals surface area contributed by atoms with Gasteiger partial charge in [0.2, 0.25) is 0 Å². The van der Waals surface area contributed by atoms with Crippen molar-refractivity contribution in [2.45, 2.75) is 6.04 Å². The third-order valence-corrected chi connectivity index (χ3v) is 3.29. The highest BCUT2D eigenvalue weighted by Crippen LogP contribution is 2.23. The van der Waals surface area contributed by atoms with E-state index in [1.807, 2.05) is 43.8 Å². The first-order valence-corrected chi connectivity index (χ1v) is 6.30. The van der Waals surface area contributed by atoms with Gasteiger partial charge in [-0.2, -0.15) is 0 Å². The summed E-state index contributed by atoms with van der Waals surface area (Å²) in [6.07, 6.45) is 5.46. The molecule has 0 bridgehead atoms. The van der Waals surface area contributed by atoms with Crippen molar-refractivity contribution in [1.82, 2.24) is 15.3 Å². The molecule has 94 valence electrons. The summed E-state index contributed by atoms with van der Waals surface area (Å²) < 4.78 is 0. The van der Waals surface area contributed by atoms with Crippen LogP contribution in [-0.2, 0) is 0 Å². The van der Waals surface area contributed by atoms with E-state index >= 15 is 0 Å². The van der Waals surface area contributed by atoms with Crippen LogP contribution in [0.4, 0.5) is 0 Å². The molecule has 0 spiro atoms. The monoisotopic (exact) mass is 249 g/mol. The quantitative estimate of drug-likeness (QED) is 0.775. The van der Waals surface area contributed by atoms with Crippen molar-refractivity contribution in [1.29, 1.82) is 0 Å². The minimum absolute atomic E-state index is 0.161. The van der Waals surface area contributed by atoms with Crippen molar-refractivity contribution >= 4 is 10.9 Å². The van der Waals surface area contributed by atoms with Crippen LogP contribution >= 0.6 is 0 Å². The number of benzene rings is 1. The van der Waals surface area contributed by atoms with Crippen LogP contribution in [0.2, 0.25) is 0 Å². The smallest absolute Gasteiger partial charge is 0.0705 e. The van der Waals surface area contributed by atoms with Gasteiger partial charge in [0, 0.05) is 24.0 Å². The van der Waals surface area contributed by atoms with E-state index in [0.29, 0.717) is 0 Å². The Labute approximate surface area is 112 Å². The van der Waals surface area contributed by atoms with Gasteiger partial charge in [0.15, 0.2) is 0 Å². The van der Waals surface area contributed by atoms with Crippen LogP contribution in [0.3, 0.4) is 0 Å². The molecule has 3 heteroatoms. The summed E-state index contributed by atoms with van der Waals surface area (Å²) in [6.45, 7) is 0. The summed E-state index contributed by atoms with van der Waals surface area (Å²) in [4.78, 5) is 8.48. The second-order valence-electron chi connectivity index (χ2n) is 4.46. The minimum Gasteiger partial charge on any atom is -0.309 e. The van der Waals surface area contributed by atoms with Gasteiger partial charge in [-0.1, -0.05) is 18.2 Å². The third kappa shape index (κ3) is 2.33. The summed E-state index contributed by atoms with van der Waals surface area (Å²) in [5.74, 6) is 0.